The van der Waals surface area contributed by atoms with Crippen LogP contribution in [0.15, 0.2) is 30.3 Å². The van der Waals surface area contributed by atoms with Gasteiger partial charge in [0.2, 0.25) is 0 Å². The van der Waals surface area contributed by atoms with Crippen LogP contribution in [-0.2, 0) is 0 Å². The molecule has 110 valence electrons. The molecule has 2 saturated carbocycles. The highest BCUT2D eigenvalue weighted by atomic mass is 16.3. The Kier molecular flexibility index (Phi) is 4.13. The molecule has 2 fully saturated rings. The monoisotopic (exact) mass is 273 g/mol. The predicted molar refractivity (Wildman–Crippen MR) is 82.5 cm³/mol. The van der Waals surface area contributed by atoms with Gasteiger partial charge in [-0.1, -0.05) is 49.6 Å². The van der Waals surface area contributed by atoms with Gasteiger partial charge >= 0.3 is 0 Å². The minimum absolute atomic E-state index is 0.261. The average Bonchev–Trinajstić information content (AvgIpc) is 2.49. The van der Waals surface area contributed by atoms with Crippen molar-refractivity contribution in [3.05, 3.63) is 35.9 Å². The molecule has 0 radical (unpaired) electrons. The number of aliphatic hydroxyl groups is 1. The zero-order chi connectivity index (χ0) is 14.0. The van der Waals surface area contributed by atoms with E-state index < -0.39 is 5.60 Å². The number of rotatable bonds is 3. The lowest BCUT2D eigenvalue weighted by Crippen LogP contribution is -2.59. The first kappa shape index (κ1) is 14.1. The summed E-state index contributed by atoms with van der Waals surface area (Å²) in [6, 6.07) is 11.1. The molecular weight excluding hydrogens is 246 g/mol. The Hall–Kier alpha value is -0.860. The van der Waals surface area contributed by atoms with E-state index in [1.165, 1.54) is 37.7 Å². The van der Waals surface area contributed by atoms with Crippen LogP contribution in [0.1, 0.15) is 63.5 Å². The van der Waals surface area contributed by atoms with Gasteiger partial charge in [-0.15, -0.1) is 0 Å². The van der Waals surface area contributed by atoms with Crippen molar-refractivity contribution in [1.29, 1.82) is 0 Å². The molecule has 0 aliphatic heterocycles. The molecule has 0 saturated heterocycles. The third-order valence-corrected chi connectivity index (χ3v) is 5.49. The lowest BCUT2D eigenvalue weighted by molar-refractivity contribution is -0.101. The fourth-order valence-electron chi connectivity index (χ4n) is 4.29. The van der Waals surface area contributed by atoms with E-state index in [1.54, 1.807) is 0 Å². The first-order valence-corrected chi connectivity index (χ1v) is 8.23. The van der Waals surface area contributed by atoms with Gasteiger partial charge in [0.15, 0.2) is 0 Å². The van der Waals surface area contributed by atoms with E-state index in [4.69, 9.17) is 0 Å². The summed E-state index contributed by atoms with van der Waals surface area (Å²) in [6.07, 6.45) is 8.27. The maximum absolute atomic E-state index is 11.2. The Bertz CT molecular complexity index is 430. The van der Waals surface area contributed by atoms with Crippen LogP contribution < -0.4 is 5.32 Å². The van der Waals surface area contributed by atoms with Crippen molar-refractivity contribution in [3.63, 3.8) is 0 Å². The van der Waals surface area contributed by atoms with Crippen LogP contribution in [0, 0.1) is 5.92 Å². The molecule has 0 unspecified atom stereocenters. The van der Waals surface area contributed by atoms with E-state index in [0.717, 1.165) is 12.8 Å². The largest absolute Gasteiger partial charge is 0.388 e. The normalized spacial score (nSPS) is 35.3. The molecule has 1 aromatic rings. The second-order valence-electron chi connectivity index (χ2n) is 6.72. The number of hydrogen-bond acceptors (Lipinski definition) is 2. The highest BCUT2D eigenvalue weighted by Gasteiger charge is 2.47. The van der Waals surface area contributed by atoms with Gasteiger partial charge in [-0.25, -0.2) is 0 Å². The molecule has 3 rings (SSSR count). The molecule has 0 amide bonds. The van der Waals surface area contributed by atoms with E-state index in [9.17, 15) is 5.11 Å². The van der Waals surface area contributed by atoms with Crippen molar-refractivity contribution in [1.82, 2.24) is 5.32 Å². The molecule has 20 heavy (non-hydrogen) atoms. The van der Waals surface area contributed by atoms with Crippen LogP contribution in [0.4, 0.5) is 0 Å². The van der Waals surface area contributed by atoms with Gasteiger partial charge in [0.1, 0.15) is 0 Å². The van der Waals surface area contributed by atoms with Crippen LogP contribution in [0.3, 0.4) is 0 Å². The molecule has 1 aromatic carbocycles. The summed E-state index contributed by atoms with van der Waals surface area (Å²) in [4.78, 5) is 0. The molecule has 2 heteroatoms. The molecular formula is C18H27NO. The van der Waals surface area contributed by atoms with Crippen molar-refractivity contribution < 1.29 is 5.11 Å². The summed E-state index contributed by atoms with van der Waals surface area (Å²) in [5, 5.41) is 14.9. The minimum Gasteiger partial charge on any atom is -0.388 e. The SMILES string of the molecule is C[C@@H](N[C@@H]1CCC[C@H]2CCCC[C@@]21O)c1ccccc1. The number of benzene rings is 1. The van der Waals surface area contributed by atoms with Crippen LogP contribution in [0.2, 0.25) is 0 Å². The van der Waals surface area contributed by atoms with Crippen molar-refractivity contribution in [2.45, 2.75) is 69.6 Å². The standard InChI is InChI=1S/C18H27NO/c1-14(15-8-3-2-4-9-15)19-17-12-7-11-16-10-5-6-13-18(16,17)20/h2-4,8-9,14,16-17,19-20H,5-7,10-13H2,1H3/t14-,16-,17-,18-/m1/s1. The summed E-state index contributed by atoms with van der Waals surface area (Å²) in [6.45, 7) is 2.21. The van der Waals surface area contributed by atoms with Crippen molar-refractivity contribution in [2.24, 2.45) is 5.92 Å². The Morgan fingerprint density at radius 1 is 1.10 bits per heavy atom. The van der Waals surface area contributed by atoms with Gasteiger partial charge in [0.25, 0.3) is 0 Å². The fourth-order valence-corrected chi connectivity index (χ4v) is 4.29. The molecule has 4 atom stereocenters. The molecule has 0 spiro atoms. The highest BCUT2D eigenvalue weighted by molar-refractivity contribution is 5.19. The highest BCUT2D eigenvalue weighted by Crippen LogP contribution is 2.44. The van der Waals surface area contributed by atoms with Crippen molar-refractivity contribution in [3.8, 4) is 0 Å². The van der Waals surface area contributed by atoms with Crippen molar-refractivity contribution in [2.75, 3.05) is 0 Å². The van der Waals surface area contributed by atoms with Gasteiger partial charge in [-0.05, 0) is 44.1 Å². The second-order valence-corrected chi connectivity index (χ2v) is 6.72. The van der Waals surface area contributed by atoms with E-state index in [2.05, 4.69) is 42.6 Å². The van der Waals surface area contributed by atoms with Gasteiger partial charge in [-0.3, -0.25) is 0 Å². The van der Waals surface area contributed by atoms with Gasteiger partial charge in [0, 0.05) is 12.1 Å². The van der Waals surface area contributed by atoms with E-state index >= 15 is 0 Å². The first-order valence-electron chi connectivity index (χ1n) is 8.23. The average molecular weight is 273 g/mol. The van der Waals surface area contributed by atoms with Gasteiger partial charge in [-0.2, -0.15) is 0 Å². The number of nitrogens with one attached hydrogen (secondary N) is 1. The molecule has 0 heterocycles. The summed E-state index contributed by atoms with van der Waals surface area (Å²) in [5.74, 6) is 0.519. The summed E-state index contributed by atoms with van der Waals surface area (Å²) >= 11 is 0. The smallest absolute Gasteiger partial charge is 0.0828 e. The van der Waals surface area contributed by atoms with E-state index in [1.807, 2.05) is 0 Å². The molecule has 2 aliphatic rings. The van der Waals surface area contributed by atoms with Crippen LogP contribution in [-0.4, -0.2) is 16.7 Å². The maximum atomic E-state index is 11.2. The first-order chi connectivity index (χ1) is 9.70. The second kappa shape index (κ2) is 5.87. The zero-order valence-electron chi connectivity index (χ0n) is 12.5. The third-order valence-electron chi connectivity index (χ3n) is 5.49. The molecule has 0 bridgehead atoms. The lowest BCUT2D eigenvalue weighted by atomic mass is 9.64. The number of hydrogen-bond donors (Lipinski definition) is 2. The topological polar surface area (TPSA) is 32.3 Å². The van der Waals surface area contributed by atoms with E-state index in [0.29, 0.717) is 12.0 Å². The Labute approximate surface area is 122 Å². The van der Waals surface area contributed by atoms with Gasteiger partial charge < -0.3 is 10.4 Å². The molecule has 2 aliphatic carbocycles. The lowest BCUT2D eigenvalue weighted by Gasteiger charge is -2.50. The van der Waals surface area contributed by atoms with Crippen molar-refractivity contribution >= 4 is 0 Å². The third kappa shape index (κ3) is 2.64. The summed E-state index contributed by atoms with van der Waals surface area (Å²) in [5.41, 5.74) is 0.855. The number of fused-ring (bicyclic) bond motifs is 1. The predicted octanol–water partition coefficient (Wildman–Crippen LogP) is 3.81. The minimum atomic E-state index is -0.459. The van der Waals surface area contributed by atoms with Gasteiger partial charge in [0.05, 0.1) is 5.60 Å². The Morgan fingerprint density at radius 2 is 1.85 bits per heavy atom. The van der Waals surface area contributed by atoms with Crippen LogP contribution >= 0.6 is 0 Å². The molecule has 2 nitrogen and oxygen atoms in total. The van der Waals surface area contributed by atoms with Crippen LogP contribution in [0.25, 0.3) is 0 Å². The molecule has 2 N–H and O–H groups in total. The molecule has 0 aromatic heterocycles. The van der Waals surface area contributed by atoms with Crippen LogP contribution in [0.5, 0.6) is 0 Å². The fraction of sp³-hybridized carbons (Fsp3) is 0.667. The van der Waals surface area contributed by atoms with E-state index in [-0.39, 0.29) is 6.04 Å². The summed E-state index contributed by atoms with van der Waals surface area (Å²) < 4.78 is 0. The zero-order valence-corrected chi connectivity index (χ0v) is 12.5. The summed E-state index contributed by atoms with van der Waals surface area (Å²) in [7, 11) is 0. The Balaban J connectivity index is 1.72. The Morgan fingerprint density at radius 3 is 2.65 bits per heavy atom. The maximum Gasteiger partial charge on any atom is 0.0828 e. The quantitative estimate of drug-likeness (QED) is 0.877.